The molecule has 1 unspecified atom stereocenters. The number of aromatic nitrogens is 1. The first kappa shape index (κ1) is 12.5. The molecule has 21 heavy (non-hydrogen) atoms. The van der Waals surface area contributed by atoms with Gasteiger partial charge in [-0.15, -0.1) is 0 Å². The molecule has 2 aromatic carbocycles. The molecule has 0 radical (unpaired) electrons. The first-order chi connectivity index (χ1) is 10.2. The quantitative estimate of drug-likeness (QED) is 0.633. The van der Waals surface area contributed by atoms with Crippen molar-refractivity contribution in [2.75, 3.05) is 0 Å². The van der Waals surface area contributed by atoms with Gasteiger partial charge in [-0.3, -0.25) is 0 Å². The third kappa shape index (κ3) is 1.64. The van der Waals surface area contributed by atoms with Crippen LogP contribution in [0, 0.1) is 0 Å². The summed E-state index contributed by atoms with van der Waals surface area (Å²) in [5.74, 6) is -0.298. The Labute approximate surface area is 126 Å². The van der Waals surface area contributed by atoms with Crippen molar-refractivity contribution in [3.8, 4) is 0 Å². The molecule has 0 amide bonds. The fourth-order valence-electron chi connectivity index (χ4n) is 3.06. The molecule has 4 heteroatoms. The zero-order chi connectivity index (χ0) is 14.6. The molecule has 0 spiro atoms. The van der Waals surface area contributed by atoms with E-state index in [1.165, 1.54) is 0 Å². The van der Waals surface area contributed by atoms with Crippen molar-refractivity contribution in [3.63, 3.8) is 0 Å². The SMILES string of the molecule is Cn1c2c(c3ccccc31)C(c1ccccc1Cl)OC2=O. The van der Waals surface area contributed by atoms with Crippen LogP contribution in [0.1, 0.15) is 27.7 Å². The highest BCUT2D eigenvalue weighted by Gasteiger charge is 2.38. The predicted molar refractivity (Wildman–Crippen MR) is 81.6 cm³/mol. The molecule has 1 aliphatic heterocycles. The van der Waals surface area contributed by atoms with Crippen molar-refractivity contribution < 1.29 is 9.53 Å². The molecule has 2 heterocycles. The summed E-state index contributed by atoms with van der Waals surface area (Å²) in [6.45, 7) is 0. The standard InChI is InChI=1S/C17H12ClNO2/c1-19-13-9-5-3-7-11(13)14-15(19)17(20)21-16(14)10-6-2-4-8-12(10)18/h2-9,16H,1H3. The average Bonchev–Trinajstić information content (AvgIpc) is 2.98. The minimum absolute atomic E-state index is 0.298. The molecule has 0 bridgehead atoms. The van der Waals surface area contributed by atoms with E-state index in [0.717, 1.165) is 22.0 Å². The fraction of sp³-hybridized carbons (Fsp3) is 0.118. The molecule has 0 fully saturated rings. The molecule has 1 aliphatic rings. The van der Waals surface area contributed by atoms with E-state index >= 15 is 0 Å². The Morgan fingerprint density at radius 1 is 1.10 bits per heavy atom. The summed E-state index contributed by atoms with van der Waals surface area (Å²) < 4.78 is 7.48. The van der Waals surface area contributed by atoms with Crippen molar-refractivity contribution in [3.05, 3.63) is 70.4 Å². The second-order valence-corrected chi connectivity index (χ2v) is 5.55. The van der Waals surface area contributed by atoms with Crippen LogP contribution in [0.5, 0.6) is 0 Å². The number of para-hydroxylation sites is 1. The summed E-state index contributed by atoms with van der Waals surface area (Å²) in [5, 5.41) is 1.64. The summed E-state index contributed by atoms with van der Waals surface area (Å²) in [5.41, 5.74) is 3.37. The number of halogens is 1. The highest BCUT2D eigenvalue weighted by Crippen LogP contribution is 2.43. The number of aryl methyl sites for hydroxylation is 1. The molecular formula is C17H12ClNO2. The van der Waals surface area contributed by atoms with Gasteiger partial charge >= 0.3 is 5.97 Å². The lowest BCUT2D eigenvalue weighted by Crippen LogP contribution is -2.05. The van der Waals surface area contributed by atoms with Crippen LogP contribution in [-0.2, 0) is 11.8 Å². The molecule has 0 N–H and O–H groups in total. The maximum Gasteiger partial charge on any atom is 0.356 e. The second-order valence-electron chi connectivity index (χ2n) is 5.15. The molecular weight excluding hydrogens is 286 g/mol. The van der Waals surface area contributed by atoms with Gasteiger partial charge in [-0.2, -0.15) is 0 Å². The number of hydrogen-bond donors (Lipinski definition) is 0. The minimum Gasteiger partial charge on any atom is -0.448 e. The Hall–Kier alpha value is -2.26. The lowest BCUT2D eigenvalue weighted by Gasteiger charge is -2.13. The maximum atomic E-state index is 12.3. The van der Waals surface area contributed by atoms with Crippen LogP contribution >= 0.6 is 11.6 Å². The third-order valence-corrected chi connectivity index (χ3v) is 4.36. The smallest absolute Gasteiger partial charge is 0.356 e. The van der Waals surface area contributed by atoms with Gasteiger partial charge in [0, 0.05) is 34.1 Å². The molecule has 1 atom stereocenters. The van der Waals surface area contributed by atoms with E-state index in [-0.39, 0.29) is 5.97 Å². The Morgan fingerprint density at radius 3 is 2.62 bits per heavy atom. The first-order valence-corrected chi connectivity index (χ1v) is 7.09. The lowest BCUT2D eigenvalue weighted by atomic mass is 10.00. The van der Waals surface area contributed by atoms with Gasteiger partial charge in [-0.1, -0.05) is 48.0 Å². The number of hydrogen-bond acceptors (Lipinski definition) is 2. The average molecular weight is 298 g/mol. The predicted octanol–water partition coefficient (Wildman–Crippen LogP) is 4.09. The van der Waals surface area contributed by atoms with Crippen molar-refractivity contribution in [1.82, 2.24) is 4.57 Å². The Bertz CT molecular complexity index is 882. The van der Waals surface area contributed by atoms with E-state index < -0.39 is 6.10 Å². The van der Waals surface area contributed by atoms with E-state index in [1.54, 1.807) is 0 Å². The van der Waals surface area contributed by atoms with E-state index in [2.05, 4.69) is 0 Å². The van der Waals surface area contributed by atoms with Crippen molar-refractivity contribution in [2.45, 2.75) is 6.10 Å². The topological polar surface area (TPSA) is 31.2 Å². The van der Waals surface area contributed by atoms with Crippen molar-refractivity contribution >= 4 is 28.5 Å². The zero-order valence-electron chi connectivity index (χ0n) is 11.3. The van der Waals surface area contributed by atoms with Crippen LogP contribution < -0.4 is 0 Å². The number of esters is 1. The minimum atomic E-state index is -0.438. The lowest BCUT2D eigenvalue weighted by molar-refractivity contribution is 0.0449. The summed E-state index contributed by atoms with van der Waals surface area (Å²) in [6.07, 6.45) is -0.438. The highest BCUT2D eigenvalue weighted by molar-refractivity contribution is 6.31. The molecule has 3 aromatic rings. The van der Waals surface area contributed by atoms with Crippen LogP contribution in [0.25, 0.3) is 10.9 Å². The second kappa shape index (κ2) is 4.37. The Kier molecular flexibility index (Phi) is 2.59. The summed E-state index contributed by atoms with van der Waals surface area (Å²) in [7, 11) is 1.89. The van der Waals surface area contributed by atoms with E-state index in [0.29, 0.717) is 10.7 Å². The third-order valence-electron chi connectivity index (χ3n) is 4.01. The van der Waals surface area contributed by atoms with E-state index in [9.17, 15) is 4.79 Å². The number of benzene rings is 2. The van der Waals surface area contributed by atoms with Gasteiger partial charge in [0.2, 0.25) is 0 Å². The van der Waals surface area contributed by atoms with Crippen molar-refractivity contribution in [2.24, 2.45) is 7.05 Å². The van der Waals surface area contributed by atoms with Crippen LogP contribution in [0.15, 0.2) is 48.5 Å². The van der Waals surface area contributed by atoms with Crippen LogP contribution in [0.4, 0.5) is 0 Å². The maximum absolute atomic E-state index is 12.3. The number of carbonyl (C=O) groups excluding carboxylic acids is 1. The largest absolute Gasteiger partial charge is 0.448 e. The Morgan fingerprint density at radius 2 is 1.81 bits per heavy atom. The van der Waals surface area contributed by atoms with E-state index in [1.807, 2.05) is 60.1 Å². The molecule has 3 nitrogen and oxygen atoms in total. The summed E-state index contributed by atoms with van der Waals surface area (Å²) in [4.78, 5) is 12.3. The molecule has 0 aliphatic carbocycles. The molecule has 0 saturated heterocycles. The number of fused-ring (bicyclic) bond motifs is 3. The number of nitrogens with zero attached hydrogens (tertiary/aromatic N) is 1. The van der Waals surface area contributed by atoms with Crippen LogP contribution in [0.3, 0.4) is 0 Å². The van der Waals surface area contributed by atoms with Gasteiger partial charge in [0.1, 0.15) is 5.69 Å². The van der Waals surface area contributed by atoms with Gasteiger partial charge in [-0.05, 0) is 12.1 Å². The molecule has 1 aromatic heterocycles. The van der Waals surface area contributed by atoms with Gasteiger partial charge in [0.25, 0.3) is 0 Å². The number of ether oxygens (including phenoxy) is 1. The summed E-state index contributed by atoms with van der Waals surface area (Å²) in [6, 6.07) is 15.4. The van der Waals surface area contributed by atoms with Crippen LogP contribution in [-0.4, -0.2) is 10.5 Å². The van der Waals surface area contributed by atoms with Crippen molar-refractivity contribution in [1.29, 1.82) is 0 Å². The number of carbonyl (C=O) groups is 1. The highest BCUT2D eigenvalue weighted by atomic mass is 35.5. The molecule has 4 rings (SSSR count). The Balaban J connectivity index is 2.04. The number of rotatable bonds is 1. The number of cyclic esters (lactones) is 1. The van der Waals surface area contributed by atoms with Gasteiger partial charge in [0.05, 0.1) is 0 Å². The zero-order valence-corrected chi connectivity index (χ0v) is 12.1. The molecule has 104 valence electrons. The first-order valence-electron chi connectivity index (χ1n) is 6.71. The monoisotopic (exact) mass is 297 g/mol. The van der Waals surface area contributed by atoms with Gasteiger partial charge < -0.3 is 9.30 Å². The van der Waals surface area contributed by atoms with Gasteiger partial charge in [0.15, 0.2) is 6.10 Å². The van der Waals surface area contributed by atoms with Crippen LogP contribution in [0.2, 0.25) is 5.02 Å². The fourth-order valence-corrected chi connectivity index (χ4v) is 3.30. The summed E-state index contributed by atoms with van der Waals surface area (Å²) >= 11 is 6.28. The normalized spacial score (nSPS) is 17.0. The molecule has 0 saturated carbocycles. The van der Waals surface area contributed by atoms with Gasteiger partial charge in [-0.25, -0.2) is 4.79 Å². The van der Waals surface area contributed by atoms with E-state index in [4.69, 9.17) is 16.3 Å².